The zero-order valence-electron chi connectivity index (χ0n) is 10.1. The van der Waals surface area contributed by atoms with E-state index < -0.39 is 0 Å². The molecule has 1 saturated heterocycles. The van der Waals surface area contributed by atoms with E-state index in [1.165, 1.54) is 6.07 Å². The number of ether oxygens (including phenoxy) is 1. The van der Waals surface area contributed by atoms with E-state index in [2.05, 4.69) is 10.3 Å². The molecule has 2 rings (SSSR count). The van der Waals surface area contributed by atoms with Crippen molar-refractivity contribution in [3.63, 3.8) is 0 Å². The van der Waals surface area contributed by atoms with Crippen LogP contribution in [0.25, 0.3) is 0 Å². The molecule has 5 nitrogen and oxygen atoms in total. The first kappa shape index (κ1) is 12.8. The standard InChI is InChI=1S/C12H16FN3O2/c13-10-1-2-11(15-9-10)14-4-3-12(17)16-5-7-18-8-6-16/h1-2,9H,3-8H2,(H,14,15). The van der Waals surface area contributed by atoms with Gasteiger partial charge in [-0.3, -0.25) is 4.79 Å². The zero-order chi connectivity index (χ0) is 12.8. The minimum Gasteiger partial charge on any atom is -0.378 e. The van der Waals surface area contributed by atoms with E-state index in [1.807, 2.05) is 0 Å². The van der Waals surface area contributed by atoms with Crippen LogP contribution >= 0.6 is 0 Å². The van der Waals surface area contributed by atoms with E-state index in [-0.39, 0.29) is 11.7 Å². The van der Waals surface area contributed by atoms with E-state index in [0.29, 0.717) is 45.1 Å². The highest BCUT2D eigenvalue weighted by Crippen LogP contribution is 2.04. The molecule has 18 heavy (non-hydrogen) atoms. The van der Waals surface area contributed by atoms with Crippen molar-refractivity contribution in [2.75, 3.05) is 38.2 Å². The van der Waals surface area contributed by atoms with Crippen LogP contribution in [0.5, 0.6) is 0 Å². The summed E-state index contributed by atoms with van der Waals surface area (Å²) in [6.07, 6.45) is 1.55. The maximum absolute atomic E-state index is 12.6. The second kappa shape index (κ2) is 6.30. The first-order chi connectivity index (χ1) is 8.75. The molecule has 1 fully saturated rings. The third-order valence-electron chi connectivity index (χ3n) is 2.74. The van der Waals surface area contributed by atoms with E-state index in [9.17, 15) is 9.18 Å². The third kappa shape index (κ3) is 3.66. The number of hydrogen-bond acceptors (Lipinski definition) is 4. The number of hydrogen-bond donors (Lipinski definition) is 1. The lowest BCUT2D eigenvalue weighted by Gasteiger charge is -2.26. The Hall–Kier alpha value is -1.69. The Bertz CT molecular complexity index is 391. The van der Waals surface area contributed by atoms with Crippen LogP contribution in [0.4, 0.5) is 10.2 Å². The van der Waals surface area contributed by atoms with Gasteiger partial charge in [0.05, 0.1) is 19.4 Å². The number of aromatic nitrogens is 1. The molecule has 0 aromatic carbocycles. The largest absolute Gasteiger partial charge is 0.378 e. The van der Waals surface area contributed by atoms with Crippen molar-refractivity contribution >= 4 is 11.7 Å². The highest BCUT2D eigenvalue weighted by molar-refractivity contribution is 5.76. The van der Waals surface area contributed by atoms with Crippen molar-refractivity contribution in [1.29, 1.82) is 0 Å². The van der Waals surface area contributed by atoms with Gasteiger partial charge in [-0.25, -0.2) is 9.37 Å². The molecule has 98 valence electrons. The van der Waals surface area contributed by atoms with E-state index >= 15 is 0 Å². The van der Waals surface area contributed by atoms with Crippen LogP contribution in [-0.2, 0) is 9.53 Å². The Morgan fingerprint density at radius 1 is 1.44 bits per heavy atom. The predicted octanol–water partition coefficient (Wildman–Crippen LogP) is 0.881. The molecule has 0 bridgehead atoms. The maximum atomic E-state index is 12.6. The highest BCUT2D eigenvalue weighted by atomic mass is 19.1. The van der Waals surface area contributed by atoms with Crippen LogP contribution < -0.4 is 5.32 Å². The number of nitrogens with zero attached hydrogens (tertiary/aromatic N) is 2. The number of halogens is 1. The normalized spacial score (nSPS) is 15.5. The van der Waals surface area contributed by atoms with Crippen LogP contribution in [0.1, 0.15) is 6.42 Å². The van der Waals surface area contributed by atoms with Crippen molar-refractivity contribution in [3.8, 4) is 0 Å². The third-order valence-corrected chi connectivity index (χ3v) is 2.74. The highest BCUT2D eigenvalue weighted by Gasteiger charge is 2.15. The molecule has 6 heteroatoms. The van der Waals surface area contributed by atoms with Gasteiger partial charge < -0.3 is 15.0 Å². The predicted molar refractivity (Wildman–Crippen MR) is 64.7 cm³/mol. The fourth-order valence-corrected chi connectivity index (χ4v) is 1.75. The number of carbonyl (C=O) groups excluding carboxylic acids is 1. The lowest BCUT2D eigenvalue weighted by atomic mass is 10.3. The molecular formula is C12H16FN3O2. The lowest BCUT2D eigenvalue weighted by Crippen LogP contribution is -2.41. The zero-order valence-corrected chi connectivity index (χ0v) is 10.1. The average molecular weight is 253 g/mol. The van der Waals surface area contributed by atoms with Gasteiger partial charge in [0.25, 0.3) is 0 Å². The fraction of sp³-hybridized carbons (Fsp3) is 0.500. The maximum Gasteiger partial charge on any atom is 0.224 e. The van der Waals surface area contributed by atoms with Crippen LogP contribution in [0, 0.1) is 5.82 Å². The number of amides is 1. The molecule has 0 radical (unpaired) electrons. The van der Waals surface area contributed by atoms with Gasteiger partial charge in [0, 0.05) is 26.1 Å². The monoisotopic (exact) mass is 253 g/mol. The van der Waals surface area contributed by atoms with E-state index in [0.717, 1.165) is 6.20 Å². The minimum absolute atomic E-state index is 0.105. The second-order valence-electron chi connectivity index (χ2n) is 4.03. The van der Waals surface area contributed by atoms with Gasteiger partial charge in [0.1, 0.15) is 11.6 Å². The molecule has 1 aliphatic rings. The first-order valence-corrected chi connectivity index (χ1v) is 5.96. The lowest BCUT2D eigenvalue weighted by molar-refractivity contribution is -0.134. The van der Waals surface area contributed by atoms with Gasteiger partial charge in [-0.05, 0) is 12.1 Å². The summed E-state index contributed by atoms with van der Waals surface area (Å²) in [5, 5.41) is 2.99. The Morgan fingerprint density at radius 2 is 2.22 bits per heavy atom. The summed E-state index contributed by atoms with van der Waals surface area (Å²) in [4.78, 5) is 17.4. The van der Waals surface area contributed by atoms with Crippen LogP contribution in [-0.4, -0.2) is 48.6 Å². The summed E-state index contributed by atoms with van der Waals surface area (Å²) in [6, 6.07) is 2.88. The van der Waals surface area contributed by atoms with E-state index in [4.69, 9.17) is 4.74 Å². The van der Waals surface area contributed by atoms with Crippen LogP contribution in [0.15, 0.2) is 18.3 Å². The molecule has 0 spiro atoms. The number of anilines is 1. The summed E-state index contributed by atoms with van der Waals surface area (Å²) < 4.78 is 17.8. The van der Waals surface area contributed by atoms with Crippen molar-refractivity contribution < 1.29 is 13.9 Å². The van der Waals surface area contributed by atoms with Crippen molar-refractivity contribution in [2.45, 2.75) is 6.42 Å². The van der Waals surface area contributed by atoms with Crippen molar-refractivity contribution in [1.82, 2.24) is 9.88 Å². The molecule has 0 atom stereocenters. The van der Waals surface area contributed by atoms with Crippen LogP contribution in [0.3, 0.4) is 0 Å². The minimum atomic E-state index is -0.370. The topological polar surface area (TPSA) is 54.5 Å². The second-order valence-corrected chi connectivity index (χ2v) is 4.03. The number of morpholine rings is 1. The SMILES string of the molecule is O=C(CCNc1ccc(F)cn1)N1CCOCC1. The Balaban J connectivity index is 1.71. The summed E-state index contributed by atoms with van der Waals surface area (Å²) in [6.45, 7) is 3.04. The summed E-state index contributed by atoms with van der Waals surface area (Å²) >= 11 is 0. The summed E-state index contributed by atoms with van der Waals surface area (Å²) in [5.41, 5.74) is 0. The molecule has 1 N–H and O–H groups in total. The Morgan fingerprint density at radius 3 is 2.89 bits per heavy atom. The summed E-state index contributed by atoms with van der Waals surface area (Å²) in [5.74, 6) is 0.309. The number of carbonyl (C=O) groups is 1. The molecule has 2 heterocycles. The van der Waals surface area contributed by atoms with Gasteiger partial charge >= 0.3 is 0 Å². The Kier molecular flexibility index (Phi) is 4.46. The van der Waals surface area contributed by atoms with Gasteiger partial charge in [0.2, 0.25) is 5.91 Å². The van der Waals surface area contributed by atoms with Gasteiger partial charge in [0.15, 0.2) is 0 Å². The first-order valence-electron chi connectivity index (χ1n) is 5.96. The number of pyridine rings is 1. The van der Waals surface area contributed by atoms with Crippen molar-refractivity contribution in [3.05, 3.63) is 24.1 Å². The van der Waals surface area contributed by atoms with Crippen LogP contribution in [0.2, 0.25) is 0 Å². The number of rotatable bonds is 4. The molecular weight excluding hydrogens is 237 g/mol. The smallest absolute Gasteiger partial charge is 0.224 e. The molecule has 0 unspecified atom stereocenters. The van der Waals surface area contributed by atoms with E-state index in [1.54, 1.807) is 11.0 Å². The van der Waals surface area contributed by atoms with Gasteiger partial charge in [-0.15, -0.1) is 0 Å². The quantitative estimate of drug-likeness (QED) is 0.865. The van der Waals surface area contributed by atoms with Gasteiger partial charge in [-0.1, -0.05) is 0 Å². The number of nitrogens with one attached hydrogen (secondary N) is 1. The molecule has 1 aromatic rings. The van der Waals surface area contributed by atoms with Crippen molar-refractivity contribution in [2.24, 2.45) is 0 Å². The molecule has 0 saturated carbocycles. The molecule has 1 aliphatic heterocycles. The molecule has 1 aromatic heterocycles. The molecule has 0 aliphatic carbocycles. The fourth-order valence-electron chi connectivity index (χ4n) is 1.75. The average Bonchev–Trinajstić information content (AvgIpc) is 2.42. The molecule has 1 amide bonds. The van der Waals surface area contributed by atoms with Gasteiger partial charge in [-0.2, -0.15) is 0 Å². The summed E-state index contributed by atoms with van der Waals surface area (Å²) in [7, 11) is 0. The Labute approximate surface area is 105 Å².